The van der Waals surface area contributed by atoms with E-state index < -0.39 is 0 Å². The highest BCUT2D eigenvalue weighted by Crippen LogP contribution is 2.40. The standard InChI is InChI=1S/C21H27N7O2S/c1-27(2)20(30)16-9-15-18(31-16)19(23-17-10-14(25-26-17)13-3-4-13)24-21(22-15)28-7-5-12(11-29)6-8-28/h9-10,12-13,29H,3-8,11H2,1-2H3,(H2,22,23,24,25,26). The van der Waals surface area contributed by atoms with Crippen LogP contribution in [0.15, 0.2) is 12.1 Å². The Kier molecular flexibility index (Phi) is 5.27. The molecule has 31 heavy (non-hydrogen) atoms. The molecule has 1 aliphatic heterocycles. The second-order valence-electron chi connectivity index (χ2n) is 8.62. The smallest absolute Gasteiger partial charge is 0.263 e. The minimum Gasteiger partial charge on any atom is -0.396 e. The van der Waals surface area contributed by atoms with Crippen molar-refractivity contribution in [3.05, 3.63) is 22.7 Å². The Morgan fingerprint density at radius 3 is 2.71 bits per heavy atom. The predicted octanol–water partition coefficient (Wildman–Crippen LogP) is 2.95. The Bertz CT molecular complexity index is 1100. The van der Waals surface area contributed by atoms with E-state index in [1.807, 2.05) is 12.1 Å². The summed E-state index contributed by atoms with van der Waals surface area (Å²) < 4.78 is 0.843. The highest BCUT2D eigenvalue weighted by Gasteiger charge is 2.26. The van der Waals surface area contributed by atoms with Crippen LogP contribution in [0.3, 0.4) is 0 Å². The number of aliphatic hydroxyl groups excluding tert-OH is 1. The van der Waals surface area contributed by atoms with Crippen LogP contribution in [-0.4, -0.2) is 69.9 Å². The van der Waals surface area contributed by atoms with Crippen LogP contribution >= 0.6 is 11.3 Å². The van der Waals surface area contributed by atoms with E-state index in [1.54, 1.807) is 19.0 Å². The van der Waals surface area contributed by atoms with E-state index >= 15 is 0 Å². The number of amides is 1. The number of carbonyl (C=O) groups excluding carboxylic acids is 1. The number of aromatic amines is 1. The highest BCUT2D eigenvalue weighted by molar-refractivity contribution is 7.21. The van der Waals surface area contributed by atoms with Crippen molar-refractivity contribution in [2.45, 2.75) is 31.6 Å². The first-order valence-corrected chi connectivity index (χ1v) is 11.5. The van der Waals surface area contributed by atoms with E-state index in [-0.39, 0.29) is 12.5 Å². The molecule has 3 N–H and O–H groups in total. The molecular formula is C21H27N7O2S. The van der Waals surface area contributed by atoms with Crippen LogP contribution in [0.4, 0.5) is 17.6 Å². The average molecular weight is 442 g/mol. The SMILES string of the molecule is CN(C)C(=O)c1cc2nc(N3CCC(CO)CC3)nc(Nc3cc(C4CC4)[nH]n3)c2s1. The quantitative estimate of drug-likeness (QED) is 0.539. The molecule has 0 atom stereocenters. The fourth-order valence-corrected chi connectivity index (χ4v) is 4.97. The van der Waals surface area contributed by atoms with E-state index in [2.05, 4.69) is 20.4 Å². The van der Waals surface area contributed by atoms with Gasteiger partial charge in [-0.25, -0.2) is 4.98 Å². The third-order valence-electron chi connectivity index (χ3n) is 5.99. The highest BCUT2D eigenvalue weighted by atomic mass is 32.1. The van der Waals surface area contributed by atoms with Gasteiger partial charge in [-0.05, 0) is 37.7 Å². The van der Waals surface area contributed by atoms with Crippen molar-refractivity contribution in [3.63, 3.8) is 0 Å². The lowest BCUT2D eigenvalue weighted by atomic mass is 9.98. The van der Waals surface area contributed by atoms with Gasteiger partial charge in [0.1, 0.15) is 0 Å². The molecule has 9 nitrogen and oxygen atoms in total. The number of hydrogen-bond acceptors (Lipinski definition) is 8. The number of carbonyl (C=O) groups is 1. The number of anilines is 3. The maximum absolute atomic E-state index is 12.5. The van der Waals surface area contributed by atoms with Gasteiger partial charge in [-0.1, -0.05) is 0 Å². The number of thiophene rings is 1. The lowest BCUT2D eigenvalue weighted by Crippen LogP contribution is -2.35. The molecule has 0 unspecified atom stereocenters. The van der Waals surface area contributed by atoms with Gasteiger partial charge in [0.05, 0.1) is 15.1 Å². The molecule has 164 valence electrons. The third kappa shape index (κ3) is 4.09. The van der Waals surface area contributed by atoms with E-state index in [4.69, 9.17) is 9.97 Å². The molecule has 1 saturated carbocycles. The maximum atomic E-state index is 12.5. The second kappa shape index (κ2) is 8.08. The fourth-order valence-electron chi connectivity index (χ4n) is 3.91. The summed E-state index contributed by atoms with van der Waals surface area (Å²) in [7, 11) is 3.49. The van der Waals surface area contributed by atoms with Gasteiger partial charge in [0, 0.05) is 51.5 Å². The van der Waals surface area contributed by atoms with Crippen molar-refractivity contribution in [2.24, 2.45) is 5.92 Å². The largest absolute Gasteiger partial charge is 0.396 e. The van der Waals surface area contributed by atoms with Crippen molar-refractivity contribution < 1.29 is 9.90 Å². The third-order valence-corrected chi connectivity index (χ3v) is 7.11. The zero-order chi connectivity index (χ0) is 21.5. The number of hydrogen-bond donors (Lipinski definition) is 3. The summed E-state index contributed by atoms with van der Waals surface area (Å²) in [6.07, 6.45) is 4.24. The van der Waals surface area contributed by atoms with E-state index in [0.29, 0.717) is 28.5 Å². The van der Waals surface area contributed by atoms with Gasteiger partial charge in [-0.2, -0.15) is 10.1 Å². The van der Waals surface area contributed by atoms with Crippen LogP contribution in [0.2, 0.25) is 0 Å². The molecule has 3 aromatic heterocycles. The van der Waals surface area contributed by atoms with Gasteiger partial charge in [0.15, 0.2) is 11.6 Å². The van der Waals surface area contributed by atoms with Crippen LogP contribution < -0.4 is 10.2 Å². The first-order chi connectivity index (χ1) is 15.0. The molecule has 10 heteroatoms. The molecule has 2 fully saturated rings. The van der Waals surface area contributed by atoms with Crippen molar-refractivity contribution in [1.82, 2.24) is 25.1 Å². The molecule has 0 aromatic carbocycles. The number of nitrogens with zero attached hydrogens (tertiary/aromatic N) is 5. The van der Waals surface area contributed by atoms with Crippen molar-refractivity contribution in [1.29, 1.82) is 0 Å². The number of rotatable bonds is 6. The molecule has 0 radical (unpaired) electrons. The van der Waals surface area contributed by atoms with Crippen LogP contribution in [0, 0.1) is 5.92 Å². The van der Waals surface area contributed by atoms with E-state index in [1.165, 1.54) is 24.2 Å². The van der Waals surface area contributed by atoms with Gasteiger partial charge < -0.3 is 20.2 Å². The van der Waals surface area contributed by atoms with Gasteiger partial charge in [-0.3, -0.25) is 9.89 Å². The number of piperidine rings is 1. The maximum Gasteiger partial charge on any atom is 0.263 e. The zero-order valence-electron chi connectivity index (χ0n) is 17.8. The van der Waals surface area contributed by atoms with Crippen LogP contribution in [0.1, 0.15) is 47.0 Å². The molecule has 3 aromatic rings. The Balaban J connectivity index is 1.50. The topological polar surface area (TPSA) is 110 Å². The summed E-state index contributed by atoms with van der Waals surface area (Å²) in [6, 6.07) is 3.89. The number of H-pyrrole nitrogens is 1. The van der Waals surface area contributed by atoms with Gasteiger partial charge >= 0.3 is 0 Å². The minimum atomic E-state index is -0.0463. The minimum absolute atomic E-state index is 0.0463. The fraction of sp³-hybridized carbons (Fsp3) is 0.524. The number of fused-ring (bicyclic) bond motifs is 1. The van der Waals surface area contributed by atoms with Crippen LogP contribution in [-0.2, 0) is 0 Å². The summed E-state index contributed by atoms with van der Waals surface area (Å²) in [5.74, 6) is 2.92. The van der Waals surface area contributed by atoms with Crippen molar-refractivity contribution in [2.75, 3.05) is 44.0 Å². The predicted molar refractivity (Wildman–Crippen MR) is 121 cm³/mol. The average Bonchev–Trinajstić information content (AvgIpc) is 3.37. The van der Waals surface area contributed by atoms with Crippen LogP contribution in [0.25, 0.3) is 10.2 Å². The molecule has 1 aliphatic carbocycles. The number of aromatic nitrogens is 4. The molecule has 0 bridgehead atoms. The monoisotopic (exact) mass is 441 g/mol. The molecule has 2 aliphatic rings. The molecule has 1 amide bonds. The zero-order valence-corrected chi connectivity index (χ0v) is 18.6. The van der Waals surface area contributed by atoms with E-state index in [0.717, 1.165) is 47.7 Å². The first kappa shape index (κ1) is 20.2. The summed E-state index contributed by atoms with van der Waals surface area (Å²) in [5, 5.41) is 20.3. The van der Waals surface area contributed by atoms with Crippen LogP contribution in [0.5, 0.6) is 0 Å². The molecule has 0 spiro atoms. The van der Waals surface area contributed by atoms with Crippen molar-refractivity contribution >= 4 is 45.0 Å². The molecular weight excluding hydrogens is 414 g/mol. The Labute approximate surface area is 184 Å². The summed E-state index contributed by atoms with van der Waals surface area (Å²) in [5.41, 5.74) is 1.90. The first-order valence-electron chi connectivity index (χ1n) is 10.7. The molecule has 5 rings (SSSR count). The van der Waals surface area contributed by atoms with Gasteiger partial charge in [0.25, 0.3) is 5.91 Å². The number of aliphatic hydroxyl groups is 1. The normalized spacial score (nSPS) is 17.3. The second-order valence-corrected chi connectivity index (χ2v) is 9.67. The Morgan fingerprint density at radius 2 is 2.03 bits per heavy atom. The Morgan fingerprint density at radius 1 is 1.26 bits per heavy atom. The summed E-state index contributed by atoms with van der Waals surface area (Å²) in [6.45, 7) is 1.83. The van der Waals surface area contributed by atoms with E-state index in [9.17, 15) is 9.90 Å². The lowest BCUT2D eigenvalue weighted by Gasteiger charge is -2.31. The van der Waals surface area contributed by atoms with Gasteiger partial charge in [0.2, 0.25) is 5.95 Å². The number of nitrogens with one attached hydrogen (secondary N) is 2. The molecule has 1 saturated heterocycles. The Hall–Kier alpha value is -2.72. The summed E-state index contributed by atoms with van der Waals surface area (Å²) in [4.78, 5) is 26.5. The van der Waals surface area contributed by atoms with Crippen molar-refractivity contribution in [3.8, 4) is 0 Å². The summed E-state index contributed by atoms with van der Waals surface area (Å²) >= 11 is 1.40. The van der Waals surface area contributed by atoms with Gasteiger partial charge in [-0.15, -0.1) is 11.3 Å². The lowest BCUT2D eigenvalue weighted by molar-refractivity contribution is 0.0832. The molecule has 4 heterocycles.